The zero-order chi connectivity index (χ0) is 25.0. The van der Waals surface area contributed by atoms with Crippen molar-refractivity contribution in [2.24, 2.45) is 5.92 Å². The van der Waals surface area contributed by atoms with E-state index in [1.54, 1.807) is 0 Å². The van der Waals surface area contributed by atoms with Gasteiger partial charge in [-0.1, -0.05) is 31.4 Å². The molecule has 1 aromatic heterocycles. The van der Waals surface area contributed by atoms with Gasteiger partial charge in [-0.05, 0) is 37.8 Å². The Morgan fingerprint density at radius 2 is 1.49 bits per heavy atom. The van der Waals surface area contributed by atoms with Crippen LogP contribution >= 0.6 is 0 Å². The maximum absolute atomic E-state index is 12.9. The molecule has 190 valence electrons. The molecule has 2 aromatic rings. The van der Waals surface area contributed by atoms with Gasteiger partial charge in [0.25, 0.3) is 0 Å². The SMILES string of the molecule is O=C(C1CCCCC1)N1CCN(c2nc3ccccc3nc2NC2CC2)CC1.O=C(O)C(F)(F)F. The van der Waals surface area contributed by atoms with E-state index in [4.69, 9.17) is 19.9 Å². The molecule has 1 aliphatic heterocycles. The third kappa shape index (κ3) is 6.52. The van der Waals surface area contributed by atoms with Crippen molar-refractivity contribution in [1.29, 1.82) is 0 Å². The molecule has 2 saturated carbocycles. The van der Waals surface area contributed by atoms with Crippen LogP contribution in [0.4, 0.5) is 24.8 Å². The molecule has 1 amide bonds. The number of carboxylic acids is 1. The van der Waals surface area contributed by atoms with Crippen LogP contribution in [0.1, 0.15) is 44.9 Å². The third-order valence-corrected chi connectivity index (χ3v) is 6.56. The summed E-state index contributed by atoms with van der Waals surface area (Å²) in [4.78, 5) is 35.9. The van der Waals surface area contributed by atoms with Crippen molar-refractivity contribution in [3.05, 3.63) is 24.3 Å². The largest absolute Gasteiger partial charge is 0.490 e. The molecule has 11 heteroatoms. The third-order valence-electron chi connectivity index (χ3n) is 6.56. The number of anilines is 2. The van der Waals surface area contributed by atoms with Crippen LogP contribution in [0.3, 0.4) is 0 Å². The molecule has 35 heavy (non-hydrogen) atoms. The minimum absolute atomic E-state index is 0.257. The highest BCUT2D eigenvalue weighted by molar-refractivity contribution is 5.81. The molecule has 2 heterocycles. The van der Waals surface area contributed by atoms with Crippen molar-refractivity contribution in [2.75, 3.05) is 36.4 Å². The summed E-state index contributed by atoms with van der Waals surface area (Å²) in [6.07, 6.45) is 3.18. The van der Waals surface area contributed by atoms with Crippen molar-refractivity contribution in [3.63, 3.8) is 0 Å². The van der Waals surface area contributed by atoms with Crippen LogP contribution in [0.5, 0.6) is 0 Å². The molecular formula is C24H30F3N5O3. The minimum atomic E-state index is -5.08. The Bertz CT molecular complexity index is 1050. The molecular weight excluding hydrogens is 463 g/mol. The number of carbonyl (C=O) groups is 2. The first kappa shape index (κ1) is 25.0. The second kappa shape index (κ2) is 10.7. The number of rotatable bonds is 4. The van der Waals surface area contributed by atoms with E-state index in [-0.39, 0.29) is 5.92 Å². The summed E-state index contributed by atoms with van der Waals surface area (Å²) >= 11 is 0. The summed E-state index contributed by atoms with van der Waals surface area (Å²) < 4.78 is 31.7. The van der Waals surface area contributed by atoms with Crippen LogP contribution in [0, 0.1) is 5.92 Å². The number of nitrogens with one attached hydrogen (secondary N) is 1. The van der Waals surface area contributed by atoms with Gasteiger partial charge in [-0.15, -0.1) is 0 Å². The predicted molar refractivity (Wildman–Crippen MR) is 125 cm³/mol. The first-order chi connectivity index (χ1) is 16.7. The first-order valence-corrected chi connectivity index (χ1v) is 12.1. The number of aliphatic carboxylic acids is 1. The van der Waals surface area contributed by atoms with Gasteiger partial charge in [-0.3, -0.25) is 4.79 Å². The number of hydrogen-bond donors (Lipinski definition) is 2. The Kier molecular flexibility index (Phi) is 7.61. The lowest BCUT2D eigenvalue weighted by Gasteiger charge is -2.38. The monoisotopic (exact) mass is 493 g/mol. The number of para-hydroxylation sites is 2. The van der Waals surface area contributed by atoms with Crippen molar-refractivity contribution in [3.8, 4) is 0 Å². The van der Waals surface area contributed by atoms with Crippen molar-refractivity contribution >= 4 is 34.5 Å². The summed E-state index contributed by atoms with van der Waals surface area (Å²) in [5.41, 5.74) is 1.86. The fourth-order valence-electron chi connectivity index (χ4n) is 4.48. The van der Waals surface area contributed by atoms with Gasteiger partial charge in [-0.2, -0.15) is 13.2 Å². The van der Waals surface area contributed by atoms with Gasteiger partial charge in [0.15, 0.2) is 11.6 Å². The first-order valence-electron chi connectivity index (χ1n) is 12.1. The average Bonchev–Trinajstić information content (AvgIpc) is 3.68. The van der Waals surface area contributed by atoms with Gasteiger partial charge in [0.2, 0.25) is 5.91 Å². The molecule has 1 aromatic carbocycles. The fraction of sp³-hybridized carbons (Fsp3) is 0.583. The summed E-state index contributed by atoms with van der Waals surface area (Å²) in [6, 6.07) is 8.59. The molecule has 0 atom stereocenters. The van der Waals surface area contributed by atoms with Gasteiger partial charge >= 0.3 is 12.1 Å². The molecule has 5 rings (SSSR count). The number of carbonyl (C=O) groups excluding carboxylic acids is 1. The number of carboxylic acid groups (broad SMARTS) is 1. The van der Waals surface area contributed by atoms with E-state index in [1.807, 2.05) is 24.3 Å². The highest BCUT2D eigenvalue weighted by atomic mass is 19.4. The van der Waals surface area contributed by atoms with Gasteiger partial charge in [-0.25, -0.2) is 14.8 Å². The average molecular weight is 494 g/mol. The number of halogens is 3. The molecule has 8 nitrogen and oxygen atoms in total. The lowest BCUT2D eigenvalue weighted by atomic mass is 9.88. The maximum atomic E-state index is 12.9. The Hall–Kier alpha value is -3.11. The Balaban J connectivity index is 0.000000364. The smallest absolute Gasteiger partial charge is 0.475 e. The number of fused-ring (bicyclic) bond motifs is 1. The summed E-state index contributed by atoms with van der Waals surface area (Å²) in [5.74, 6) is -0.288. The van der Waals surface area contributed by atoms with Gasteiger partial charge < -0.3 is 20.2 Å². The zero-order valence-electron chi connectivity index (χ0n) is 19.4. The summed E-state index contributed by atoms with van der Waals surface area (Å²) in [7, 11) is 0. The number of aromatic nitrogens is 2. The Labute approximate surface area is 201 Å². The van der Waals surface area contributed by atoms with Crippen LogP contribution < -0.4 is 10.2 Å². The van der Waals surface area contributed by atoms with Crippen molar-refractivity contribution < 1.29 is 27.9 Å². The highest BCUT2D eigenvalue weighted by Gasteiger charge is 2.38. The Morgan fingerprint density at radius 3 is 2.03 bits per heavy atom. The number of piperazine rings is 1. The molecule has 0 unspecified atom stereocenters. The molecule has 0 bridgehead atoms. The van der Waals surface area contributed by atoms with Crippen molar-refractivity contribution in [1.82, 2.24) is 14.9 Å². The quantitative estimate of drug-likeness (QED) is 0.663. The van der Waals surface area contributed by atoms with E-state index in [0.29, 0.717) is 11.9 Å². The van der Waals surface area contributed by atoms with Gasteiger partial charge in [0.1, 0.15) is 0 Å². The number of alkyl halides is 3. The van der Waals surface area contributed by atoms with Gasteiger partial charge in [0.05, 0.1) is 11.0 Å². The molecule has 0 radical (unpaired) electrons. The minimum Gasteiger partial charge on any atom is -0.475 e. The van der Waals surface area contributed by atoms with Crippen LogP contribution in [-0.4, -0.2) is 70.2 Å². The molecule has 0 spiro atoms. The molecule has 3 aliphatic rings. The van der Waals surface area contributed by atoms with Crippen LogP contribution in [-0.2, 0) is 9.59 Å². The van der Waals surface area contributed by atoms with E-state index in [0.717, 1.165) is 61.7 Å². The van der Waals surface area contributed by atoms with E-state index >= 15 is 0 Å². The maximum Gasteiger partial charge on any atom is 0.490 e. The van der Waals surface area contributed by atoms with Crippen LogP contribution in [0.15, 0.2) is 24.3 Å². The normalized spacial score (nSPS) is 19.2. The second-order valence-electron chi connectivity index (χ2n) is 9.25. The fourth-order valence-corrected chi connectivity index (χ4v) is 4.48. The van der Waals surface area contributed by atoms with E-state index in [1.165, 1.54) is 32.1 Å². The summed E-state index contributed by atoms with van der Waals surface area (Å²) in [5, 5.41) is 10.7. The topological polar surface area (TPSA) is 98.7 Å². The summed E-state index contributed by atoms with van der Waals surface area (Å²) in [6.45, 7) is 3.22. The Morgan fingerprint density at radius 1 is 0.914 bits per heavy atom. The number of benzene rings is 1. The number of amides is 1. The molecule has 1 saturated heterocycles. The van der Waals surface area contributed by atoms with Crippen molar-refractivity contribution in [2.45, 2.75) is 57.2 Å². The van der Waals surface area contributed by atoms with Crippen LogP contribution in [0.2, 0.25) is 0 Å². The predicted octanol–water partition coefficient (Wildman–Crippen LogP) is 4.07. The van der Waals surface area contributed by atoms with E-state index in [2.05, 4.69) is 15.1 Å². The highest BCUT2D eigenvalue weighted by Crippen LogP contribution is 2.32. The van der Waals surface area contributed by atoms with E-state index in [9.17, 15) is 18.0 Å². The molecule has 2 N–H and O–H groups in total. The molecule has 3 fully saturated rings. The lowest BCUT2D eigenvalue weighted by Crippen LogP contribution is -2.51. The standard InChI is InChI=1S/C22H29N5O.C2HF3O2/c28-22(16-6-2-1-3-7-16)27-14-12-26(13-15-27)21-20(23-17-10-11-17)24-18-8-4-5-9-19(18)25-21;3-2(4,5)1(6)7/h4-5,8-9,16-17H,1-3,6-7,10-15H2,(H,23,24);(H,6,7). The van der Waals surface area contributed by atoms with Gasteiger partial charge in [0, 0.05) is 38.1 Å². The lowest BCUT2D eigenvalue weighted by molar-refractivity contribution is -0.192. The van der Waals surface area contributed by atoms with Crippen LogP contribution in [0.25, 0.3) is 11.0 Å². The van der Waals surface area contributed by atoms with E-state index < -0.39 is 12.1 Å². The molecule has 2 aliphatic carbocycles. The number of hydrogen-bond acceptors (Lipinski definition) is 6. The zero-order valence-corrected chi connectivity index (χ0v) is 19.4. The second-order valence-corrected chi connectivity index (χ2v) is 9.25. The number of nitrogens with zero attached hydrogens (tertiary/aromatic N) is 4.